The number of hydrogen-bond donors (Lipinski definition) is 1. The molecule has 2 fully saturated rings. The minimum absolute atomic E-state index is 0.178. The van der Waals surface area contributed by atoms with Crippen molar-refractivity contribution in [2.45, 2.75) is 57.5 Å². The zero-order chi connectivity index (χ0) is 21.7. The normalized spacial score (nSPS) is 23.5. The van der Waals surface area contributed by atoms with Crippen molar-refractivity contribution >= 4 is 5.91 Å². The molecule has 166 valence electrons. The highest BCUT2D eigenvalue weighted by Gasteiger charge is 2.42. The van der Waals surface area contributed by atoms with Gasteiger partial charge in [-0.2, -0.15) is 0 Å². The van der Waals surface area contributed by atoms with Gasteiger partial charge < -0.3 is 10.1 Å². The number of amides is 1. The zero-order valence-electron chi connectivity index (χ0n) is 19.0. The van der Waals surface area contributed by atoms with Gasteiger partial charge in [0.2, 0.25) is 5.91 Å². The third kappa shape index (κ3) is 5.02. The summed E-state index contributed by atoms with van der Waals surface area (Å²) in [7, 11) is 0. The highest BCUT2D eigenvalue weighted by molar-refractivity contribution is 5.88. The molecule has 0 bridgehead atoms. The molecule has 4 heteroatoms. The first-order valence-electron chi connectivity index (χ1n) is 11.8. The van der Waals surface area contributed by atoms with Crippen molar-refractivity contribution in [1.82, 2.24) is 10.2 Å². The predicted molar refractivity (Wildman–Crippen MR) is 125 cm³/mol. The van der Waals surface area contributed by atoms with E-state index in [1.807, 2.05) is 12.1 Å². The topological polar surface area (TPSA) is 41.6 Å². The summed E-state index contributed by atoms with van der Waals surface area (Å²) in [6.45, 7) is 8.62. The van der Waals surface area contributed by atoms with Crippen molar-refractivity contribution < 1.29 is 9.53 Å². The van der Waals surface area contributed by atoms with Crippen LogP contribution >= 0.6 is 0 Å². The summed E-state index contributed by atoms with van der Waals surface area (Å²) in [5.74, 6) is 0.820. The van der Waals surface area contributed by atoms with Gasteiger partial charge in [0.05, 0.1) is 5.41 Å². The van der Waals surface area contributed by atoms with Crippen molar-refractivity contribution in [1.29, 1.82) is 0 Å². The molecule has 2 aliphatic heterocycles. The minimum Gasteiger partial charge on any atom is -0.381 e. The van der Waals surface area contributed by atoms with E-state index in [1.54, 1.807) is 0 Å². The molecule has 2 aromatic rings. The van der Waals surface area contributed by atoms with E-state index in [0.717, 1.165) is 38.9 Å². The van der Waals surface area contributed by atoms with Crippen LogP contribution in [-0.2, 0) is 21.5 Å². The molecule has 1 amide bonds. The van der Waals surface area contributed by atoms with E-state index in [9.17, 15) is 4.79 Å². The molecule has 0 unspecified atom stereocenters. The van der Waals surface area contributed by atoms with Crippen LogP contribution in [0.25, 0.3) is 0 Å². The van der Waals surface area contributed by atoms with Crippen LogP contribution in [0.4, 0.5) is 0 Å². The van der Waals surface area contributed by atoms with E-state index in [-0.39, 0.29) is 5.91 Å². The number of carbonyl (C=O) groups is 1. The van der Waals surface area contributed by atoms with Gasteiger partial charge in [-0.05, 0) is 62.1 Å². The molecule has 2 atom stereocenters. The van der Waals surface area contributed by atoms with Gasteiger partial charge in [-0.25, -0.2) is 0 Å². The van der Waals surface area contributed by atoms with E-state index in [4.69, 9.17) is 4.74 Å². The lowest BCUT2D eigenvalue weighted by Gasteiger charge is -2.37. The van der Waals surface area contributed by atoms with E-state index in [2.05, 4.69) is 66.5 Å². The Morgan fingerprint density at radius 2 is 1.81 bits per heavy atom. The second kappa shape index (κ2) is 9.97. The third-order valence-electron chi connectivity index (χ3n) is 7.30. The highest BCUT2D eigenvalue weighted by atomic mass is 16.5. The van der Waals surface area contributed by atoms with Crippen LogP contribution < -0.4 is 5.32 Å². The Bertz CT molecular complexity index is 861. The molecular formula is C27H36N2O2. The molecule has 2 aliphatic rings. The van der Waals surface area contributed by atoms with Crippen LogP contribution in [0.5, 0.6) is 0 Å². The lowest BCUT2D eigenvalue weighted by atomic mass is 9.71. The van der Waals surface area contributed by atoms with Gasteiger partial charge in [-0.3, -0.25) is 9.69 Å². The van der Waals surface area contributed by atoms with Gasteiger partial charge in [-0.1, -0.05) is 54.6 Å². The molecule has 4 rings (SSSR count). The van der Waals surface area contributed by atoms with Crippen LogP contribution in [0, 0.1) is 12.8 Å². The summed E-state index contributed by atoms with van der Waals surface area (Å²) in [4.78, 5) is 16.0. The van der Waals surface area contributed by atoms with Crippen LogP contribution in [0.15, 0.2) is 54.6 Å². The van der Waals surface area contributed by atoms with E-state index in [0.29, 0.717) is 25.2 Å². The Morgan fingerprint density at radius 3 is 2.55 bits per heavy atom. The number of nitrogens with one attached hydrogen (secondary N) is 1. The number of rotatable bonds is 7. The number of aryl methyl sites for hydroxylation is 1. The smallest absolute Gasteiger partial charge is 0.230 e. The van der Waals surface area contributed by atoms with Gasteiger partial charge in [0.15, 0.2) is 0 Å². The van der Waals surface area contributed by atoms with E-state index < -0.39 is 5.41 Å². The van der Waals surface area contributed by atoms with Crippen LogP contribution in [0.1, 0.15) is 49.3 Å². The third-order valence-corrected chi connectivity index (χ3v) is 7.30. The van der Waals surface area contributed by atoms with E-state index >= 15 is 0 Å². The first-order chi connectivity index (χ1) is 15.1. The highest BCUT2D eigenvalue weighted by Crippen LogP contribution is 2.37. The maximum Gasteiger partial charge on any atom is 0.230 e. The average Bonchev–Trinajstić information content (AvgIpc) is 3.14. The summed E-state index contributed by atoms with van der Waals surface area (Å²) in [6, 6.07) is 19.6. The Morgan fingerprint density at radius 1 is 1.10 bits per heavy atom. The van der Waals surface area contributed by atoms with Crippen molar-refractivity contribution in [3.63, 3.8) is 0 Å². The number of benzene rings is 2. The van der Waals surface area contributed by atoms with Gasteiger partial charge in [0, 0.05) is 38.9 Å². The second-order valence-electron chi connectivity index (χ2n) is 9.42. The van der Waals surface area contributed by atoms with E-state index in [1.165, 1.54) is 23.1 Å². The van der Waals surface area contributed by atoms with Gasteiger partial charge in [0.25, 0.3) is 0 Å². The molecule has 0 saturated carbocycles. The van der Waals surface area contributed by atoms with Crippen molar-refractivity contribution in [3.05, 3.63) is 71.3 Å². The predicted octanol–water partition coefficient (Wildman–Crippen LogP) is 4.46. The van der Waals surface area contributed by atoms with Crippen LogP contribution in [-0.4, -0.2) is 43.2 Å². The fourth-order valence-electron chi connectivity index (χ4n) is 5.47. The van der Waals surface area contributed by atoms with Crippen LogP contribution in [0.2, 0.25) is 0 Å². The molecule has 2 aromatic carbocycles. The van der Waals surface area contributed by atoms with Crippen molar-refractivity contribution in [3.8, 4) is 0 Å². The average molecular weight is 421 g/mol. The number of likely N-dealkylation sites (tertiary alicyclic amines) is 1. The molecule has 0 aromatic heterocycles. The summed E-state index contributed by atoms with van der Waals surface area (Å²) in [5.41, 5.74) is 3.29. The van der Waals surface area contributed by atoms with Crippen molar-refractivity contribution in [2.75, 3.05) is 26.3 Å². The molecule has 1 N–H and O–H groups in total. The maximum absolute atomic E-state index is 13.4. The number of carbonyl (C=O) groups excluding carboxylic acids is 1. The number of nitrogens with zero attached hydrogens (tertiary/aromatic N) is 1. The quantitative estimate of drug-likeness (QED) is 0.719. The SMILES string of the molecule is Cc1ccccc1C1(C(=O)NCC[C@@H]2C[C@@H](C)N(Cc3ccccc3)C2)CCOCC1. The summed E-state index contributed by atoms with van der Waals surface area (Å²) < 4.78 is 5.61. The lowest BCUT2D eigenvalue weighted by molar-refractivity contribution is -0.130. The van der Waals surface area contributed by atoms with Gasteiger partial charge in [-0.15, -0.1) is 0 Å². The molecule has 0 radical (unpaired) electrons. The Kier molecular flexibility index (Phi) is 7.09. The molecule has 2 saturated heterocycles. The monoisotopic (exact) mass is 420 g/mol. The number of hydrogen-bond acceptors (Lipinski definition) is 3. The summed E-state index contributed by atoms with van der Waals surface area (Å²) >= 11 is 0. The molecule has 2 heterocycles. The minimum atomic E-state index is -0.452. The maximum atomic E-state index is 13.4. The zero-order valence-corrected chi connectivity index (χ0v) is 19.0. The fourth-order valence-corrected chi connectivity index (χ4v) is 5.47. The van der Waals surface area contributed by atoms with Crippen LogP contribution in [0.3, 0.4) is 0 Å². The van der Waals surface area contributed by atoms with Gasteiger partial charge >= 0.3 is 0 Å². The standard InChI is InChI=1S/C27H36N2O2/c1-21-8-6-7-11-25(21)27(13-16-31-17-14-27)26(30)28-15-12-24-18-22(2)29(20-24)19-23-9-4-3-5-10-23/h3-11,22,24H,12-20H2,1-2H3,(H,28,30)/t22-,24-/m1/s1. The lowest BCUT2D eigenvalue weighted by Crippen LogP contribution is -2.48. The molecule has 0 aliphatic carbocycles. The Hall–Kier alpha value is -2.17. The first-order valence-corrected chi connectivity index (χ1v) is 11.8. The summed E-state index contributed by atoms with van der Waals surface area (Å²) in [5, 5.41) is 3.31. The number of ether oxygens (including phenoxy) is 1. The molecule has 4 nitrogen and oxygen atoms in total. The first kappa shape index (κ1) is 22.0. The van der Waals surface area contributed by atoms with Gasteiger partial charge in [0.1, 0.15) is 0 Å². The fraction of sp³-hybridized carbons (Fsp3) is 0.519. The molecule has 31 heavy (non-hydrogen) atoms. The second-order valence-corrected chi connectivity index (χ2v) is 9.42. The Labute approximate surface area is 187 Å². The molecule has 0 spiro atoms. The largest absolute Gasteiger partial charge is 0.381 e. The molecular weight excluding hydrogens is 384 g/mol. The summed E-state index contributed by atoms with van der Waals surface area (Å²) in [6.07, 6.45) is 3.77. The Balaban J connectivity index is 1.33. The van der Waals surface area contributed by atoms with Crippen molar-refractivity contribution in [2.24, 2.45) is 5.92 Å².